The Morgan fingerprint density at radius 3 is 2.68 bits per heavy atom. The first kappa shape index (κ1) is 29.0. The van der Waals surface area contributed by atoms with E-state index in [-0.39, 0.29) is 27.2 Å². The van der Waals surface area contributed by atoms with Gasteiger partial charge in [-0.15, -0.1) is 0 Å². The van der Waals surface area contributed by atoms with Crippen molar-refractivity contribution in [3.05, 3.63) is 94.1 Å². The second kappa shape index (κ2) is 13.0. The molecule has 1 fully saturated rings. The van der Waals surface area contributed by atoms with Gasteiger partial charge in [-0.1, -0.05) is 53.5 Å². The molecular formula is C30H31Cl2FN6O2. The van der Waals surface area contributed by atoms with Gasteiger partial charge in [0, 0.05) is 34.1 Å². The van der Waals surface area contributed by atoms with Crippen molar-refractivity contribution >= 4 is 34.9 Å². The van der Waals surface area contributed by atoms with Crippen molar-refractivity contribution in [1.29, 1.82) is 0 Å². The minimum Gasteiger partial charge on any atom is -0.482 e. The molecule has 5 rings (SSSR count). The van der Waals surface area contributed by atoms with Gasteiger partial charge in [0.25, 0.3) is 0 Å². The molecule has 0 spiro atoms. The van der Waals surface area contributed by atoms with E-state index in [1.165, 1.54) is 12.1 Å². The highest BCUT2D eigenvalue weighted by Crippen LogP contribution is 2.38. The molecule has 1 aliphatic heterocycles. The molecule has 3 heterocycles. The topological polar surface area (TPSA) is 107 Å². The number of nitrogens with two attached hydrogens (primary N) is 1. The molecule has 1 amide bonds. The fraction of sp³-hybridized carbons (Fsp3) is 0.300. The van der Waals surface area contributed by atoms with E-state index in [1.807, 2.05) is 41.2 Å². The lowest BCUT2D eigenvalue weighted by molar-refractivity contribution is -0.117. The van der Waals surface area contributed by atoms with Crippen LogP contribution in [0.5, 0.6) is 5.75 Å². The number of carbonyl (C=O) groups is 1. The van der Waals surface area contributed by atoms with Gasteiger partial charge in [-0.05, 0) is 63.0 Å². The van der Waals surface area contributed by atoms with E-state index in [4.69, 9.17) is 33.7 Å². The minimum atomic E-state index is -0.820. The molecule has 4 N–H and O–H groups in total. The number of piperidine rings is 1. The standard InChI is InChI=1S/C30H31Cl2FN6O2/c1-18(27-23(31)7-8-24(33)28(27)32)41-26-14-20(21-16-37-39(17-21)22-9-11-35-12-10-22)15-36-29(26)38-30(40)25(34)13-19-5-3-2-4-6-19/h2-8,14-18,22,25,35H,9-13,34H2,1H3,(H,36,38,40)/t18-,25+/m1/s1. The van der Waals surface area contributed by atoms with Crippen molar-refractivity contribution < 1.29 is 13.9 Å². The maximum absolute atomic E-state index is 14.3. The monoisotopic (exact) mass is 596 g/mol. The van der Waals surface area contributed by atoms with Gasteiger partial charge >= 0.3 is 0 Å². The van der Waals surface area contributed by atoms with Crippen molar-refractivity contribution in [2.24, 2.45) is 5.73 Å². The third-order valence-electron chi connectivity index (χ3n) is 7.14. The second-order valence-corrected chi connectivity index (χ2v) is 10.8. The molecule has 4 aromatic rings. The Morgan fingerprint density at radius 1 is 1.17 bits per heavy atom. The highest BCUT2D eigenvalue weighted by atomic mass is 35.5. The van der Waals surface area contributed by atoms with Crippen molar-refractivity contribution in [2.75, 3.05) is 18.4 Å². The summed E-state index contributed by atoms with van der Waals surface area (Å²) in [6, 6.07) is 13.4. The first-order valence-electron chi connectivity index (χ1n) is 13.5. The summed E-state index contributed by atoms with van der Waals surface area (Å²) in [5.41, 5.74) is 9.01. The lowest BCUT2D eigenvalue weighted by Crippen LogP contribution is -2.37. The van der Waals surface area contributed by atoms with E-state index >= 15 is 0 Å². The number of pyridine rings is 1. The number of benzene rings is 2. The van der Waals surface area contributed by atoms with E-state index in [0.717, 1.165) is 42.6 Å². The average molecular weight is 598 g/mol. The quantitative estimate of drug-likeness (QED) is 0.206. The van der Waals surface area contributed by atoms with Crippen LogP contribution in [0.1, 0.15) is 43.0 Å². The number of nitrogens with zero attached hydrogens (tertiary/aromatic N) is 3. The number of nitrogens with one attached hydrogen (secondary N) is 2. The maximum atomic E-state index is 14.3. The van der Waals surface area contributed by atoms with E-state index in [2.05, 4.69) is 20.7 Å². The van der Waals surface area contributed by atoms with Crippen LogP contribution in [0.4, 0.5) is 10.2 Å². The summed E-state index contributed by atoms with van der Waals surface area (Å²) in [6.07, 6.45) is 6.97. The Morgan fingerprint density at radius 2 is 1.93 bits per heavy atom. The first-order chi connectivity index (χ1) is 19.8. The van der Waals surface area contributed by atoms with E-state index in [0.29, 0.717) is 12.5 Å². The van der Waals surface area contributed by atoms with Crippen molar-refractivity contribution in [1.82, 2.24) is 20.1 Å². The summed E-state index contributed by atoms with van der Waals surface area (Å²) in [5.74, 6) is -0.615. The summed E-state index contributed by atoms with van der Waals surface area (Å²) in [5, 5.41) is 10.9. The highest BCUT2D eigenvalue weighted by Gasteiger charge is 2.23. The van der Waals surface area contributed by atoms with Crippen LogP contribution in [-0.4, -0.2) is 39.8 Å². The highest BCUT2D eigenvalue weighted by molar-refractivity contribution is 6.36. The Bertz CT molecular complexity index is 1510. The largest absolute Gasteiger partial charge is 0.482 e. The van der Waals surface area contributed by atoms with Gasteiger partial charge in [0.2, 0.25) is 5.91 Å². The molecule has 1 aliphatic rings. The summed E-state index contributed by atoms with van der Waals surface area (Å²) >= 11 is 12.6. The molecule has 41 heavy (non-hydrogen) atoms. The van der Waals surface area contributed by atoms with Gasteiger partial charge in [-0.25, -0.2) is 9.37 Å². The molecule has 2 aromatic carbocycles. The first-order valence-corrected chi connectivity index (χ1v) is 14.2. The molecular weight excluding hydrogens is 566 g/mol. The van der Waals surface area contributed by atoms with Crippen LogP contribution in [0.15, 0.2) is 67.1 Å². The third-order valence-corrected chi connectivity index (χ3v) is 7.85. The average Bonchev–Trinajstić information content (AvgIpc) is 3.48. The van der Waals surface area contributed by atoms with Crippen LogP contribution in [0.25, 0.3) is 11.1 Å². The third kappa shape index (κ3) is 6.87. The molecule has 214 valence electrons. The summed E-state index contributed by atoms with van der Waals surface area (Å²) in [4.78, 5) is 17.6. The number of ether oxygens (including phenoxy) is 1. The van der Waals surface area contributed by atoms with Crippen molar-refractivity contribution in [2.45, 2.75) is 44.4 Å². The molecule has 0 unspecified atom stereocenters. The number of hydrogen-bond donors (Lipinski definition) is 3. The molecule has 0 radical (unpaired) electrons. The summed E-state index contributed by atoms with van der Waals surface area (Å²) in [7, 11) is 0. The normalized spacial score (nSPS) is 15.3. The Kier molecular flexibility index (Phi) is 9.19. The Balaban J connectivity index is 1.43. The van der Waals surface area contributed by atoms with E-state index in [1.54, 1.807) is 25.4 Å². The van der Waals surface area contributed by atoms with Crippen LogP contribution in [0.3, 0.4) is 0 Å². The number of aromatic nitrogens is 3. The zero-order valence-corrected chi connectivity index (χ0v) is 24.0. The number of halogens is 3. The molecule has 2 aromatic heterocycles. The maximum Gasteiger partial charge on any atom is 0.242 e. The lowest BCUT2D eigenvalue weighted by Gasteiger charge is -2.22. The van der Waals surface area contributed by atoms with Crippen LogP contribution < -0.4 is 21.1 Å². The van der Waals surface area contributed by atoms with Gasteiger partial charge in [-0.2, -0.15) is 5.10 Å². The summed E-state index contributed by atoms with van der Waals surface area (Å²) < 4.78 is 22.5. The van der Waals surface area contributed by atoms with Crippen LogP contribution in [0, 0.1) is 5.82 Å². The van der Waals surface area contributed by atoms with Gasteiger partial charge in [0.05, 0.1) is 23.3 Å². The molecule has 8 nitrogen and oxygen atoms in total. The predicted molar refractivity (Wildman–Crippen MR) is 159 cm³/mol. The van der Waals surface area contributed by atoms with Gasteiger partial charge < -0.3 is 21.1 Å². The smallest absolute Gasteiger partial charge is 0.242 e. The molecule has 0 aliphatic carbocycles. The zero-order chi connectivity index (χ0) is 28.9. The van der Waals surface area contributed by atoms with Crippen LogP contribution >= 0.6 is 23.2 Å². The molecule has 2 atom stereocenters. The van der Waals surface area contributed by atoms with Crippen LogP contribution in [-0.2, 0) is 11.2 Å². The number of rotatable bonds is 9. The minimum absolute atomic E-state index is 0.132. The molecule has 1 saturated heterocycles. The predicted octanol–water partition coefficient (Wildman–Crippen LogP) is 5.96. The SMILES string of the molecule is C[C@@H](Oc1cc(-c2cnn(C3CCNCC3)c2)cnc1NC(=O)[C@@H](N)Cc1ccccc1)c1c(Cl)ccc(F)c1Cl. The Labute approximate surface area is 248 Å². The summed E-state index contributed by atoms with van der Waals surface area (Å²) in [6.45, 7) is 3.59. The van der Waals surface area contributed by atoms with E-state index in [9.17, 15) is 9.18 Å². The number of hydrogen-bond acceptors (Lipinski definition) is 6. The van der Waals surface area contributed by atoms with Gasteiger partial charge in [0.15, 0.2) is 11.6 Å². The zero-order valence-electron chi connectivity index (χ0n) is 22.5. The number of amides is 1. The van der Waals surface area contributed by atoms with Gasteiger partial charge in [-0.3, -0.25) is 9.48 Å². The lowest BCUT2D eigenvalue weighted by atomic mass is 10.1. The molecule has 0 bridgehead atoms. The number of carbonyl (C=O) groups excluding carboxylic acids is 1. The second-order valence-electron chi connectivity index (χ2n) is 10.1. The van der Waals surface area contributed by atoms with Crippen molar-refractivity contribution in [3.8, 4) is 16.9 Å². The van der Waals surface area contributed by atoms with Gasteiger partial charge in [0.1, 0.15) is 11.9 Å². The number of anilines is 1. The van der Waals surface area contributed by atoms with Crippen molar-refractivity contribution in [3.63, 3.8) is 0 Å². The Hall–Kier alpha value is -3.50. The fourth-order valence-corrected chi connectivity index (χ4v) is 5.56. The molecule has 0 saturated carbocycles. The molecule has 11 heteroatoms. The fourth-order valence-electron chi connectivity index (χ4n) is 4.88. The van der Waals surface area contributed by atoms with E-state index < -0.39 is 23.9 Å². The van der Waals surface area contributed by atoms with Crippen LogP contribution in [0.2, 0.25) is 10.0 Å².